The molecule has 6 nitrogen and oxygen atoms in total. The number of hydrogen-bond acceptors (Lipinski definition) is 6. The van der Waals surface area contributed by atoms with Gasteiger partial charge in [-0.25, -0.2) is 4.98 Å². The molecular formula is C16H20N4O2S. The van der Waals surface area contributed by atoms with E-state index in [1.54, 1.807) is 17.4 Å². The van der Waals surface area contributed by atoms with Gasteiger partial charge in [0.2, 0.25) is 0 Å². The molecule has 0 amide bonds. The Morgan fingerprint density at radius 3 is 2.70 bits per heavy atom. The lowest BCUT2D eigenvalue weighted by atomic mass is 10.0. The number of nitro groups is 1. The van der Waals surface area contributed by atoms with Gasteiger partial charge in [-0.2, -0.15) is 0 Å². The van der Waals surface area contributed by atoms with E-state index in [1.807, 2.05) is 31.4 Å². The minimum Gasteiger partial charge on any atom is -0.366 e. The molecule has 2 heterocycles. The zero-order valence-corrected chi connectivity index (χ0v) is 14.1. The van der Waals surface area contributed by atoms with Crippen molar-refractivity contribution in [2.45, 2.75) is 32.7 Å². The van der Waals surface area contributed by atoms with E-state index in [0.717, 1.165) is 48.0 Å². The van der Waals surface area contributed by atoms with Crippen LogP contribution in [0.3, 0.4) is 0 Å². The SMILES string of the molecule is Cc1ccc(N2CCC(Nc3nc(C)cs3)CC2)c([N+](=O)[O-])c1. The topological polar surface area (TPSA) is 71.3 Å². The average molecular weight is 332 g/mol. The highest BCUT2D eigenvalue weighted by Crippen LogP contribution is 2.31. The molecule has 23 heavy (non-hydrogen) atoms. The van der Waals surface area contributed by atoms with E-state index in [-0.39, 0.29) is 10.6 Å². The summed E-state index contributed by atoms with van der Waals surface area (Å²) in [5, 5.41) is 17.7. The van der Waals surface area contributed by atoms with Crippen LogP contribution in [0.4, 0.5) is 16.5 Å². The predicted molar refractivity (Wildman–Crippen MR) is 93.5 cm³/mol. The van der Waals surface area contributed by atoms with E-state index >= 15 is 0 Å². The van der Waals surface area contributed by atoms with Gasteiger partial charge in [0.05, 0.1) is 10.6 Å². The summed E-state index contributed by atoms with van der Waals surface area (Å²) in [7, 11) is 0. The van der Waals surface area contributed by atoms with Crippen LogP contribution in [0.2, 0.25) is 0 Å². The summed E-state index contributed by atoms with van der Waals surface area (Å²) < 4.78 is 0. The van der Waals surface area contributed by atoms with Crippen molar-refractivity contribution in [1.29, 1.82) is 0 Å². The number of nitrogens with zero attached hydrogens (tertiary/aromatic N) is 3. The van der Waals surface area contributed by atoms with E-state index in [4.69, 9.17) is 0 Å². The van der Waals surface area contributed by atoms with Gasteiger partial charge in [-0.1, -0.05) is 6.07 Å². The van der Waals surface area contributed by atoms with Crippen molar-refractivity contribution >= 4 is 27.8 Å². The first-order chi connectivity index (χ1) is 11.0. The number of nitrogens with one attached hydrogen (secondary N) is 1. The largest absolute Gasteiger partial charge is 0.366 e. The van der Waals surface area contributed by atoms with Gasteiger partial charge in [-0.3, -0.25) is 10.1 Å². The molecule has 0 aliphatic carbocycles. The molecule has 0 bridgehead atoms. The van der Waals surface area contributed by atoms with Crippen LogP contribution in [-0.4, -0.2) is 29.0 Å². The highest BCUT2D eigenvalue weighted by atomic mass is 32.1. The van der Waals surface area contributed by atoms with Gasteiger partial charge in [0.1, 0.15) is 5.69 Å². The summed E-state index contributed by atoms with van der Waals surface area (Å²) >= 11 is 1.62. The van der Waals surface area contributed by atoms with E-state index in [1.165, 1.54) is 0 Å². The zero-order chi connectivity index (χ0) is 16.4. The summed E-state index contributed by atoms with van der Waals surface area (Å²) in [6.45, 7) is 5.49. The molecule has 1 aromatic carbocycles. The third kappa shape index (κ3) is 3.61. The zero-order valence-electron chi connectivity index (χ0n) is 13.3. The molecule has 2 aromatic rings. The van der Waals surface area contributed by atoms with Gasteiger partial charge in [-0.15, -0.1) is 11.3 Å². The second-order valence-corrected chi connectivity index (χ2v) is 6.81. The van der Waals surface area contributed by atoms with Crippen molar-refractivity contribution in [2.75, 3.05) is 23.3 Å². The number of benzene rings is 1. The molecular weight excluding hydrogens is 312 g/mol. The molecule has 0 spiro atoms. The second-order valence-electron chi connectivity index (χ2n) is 5.95. The molecule has 7 heteroatoms. The number of rotatable bonds is 4. The van der Waals surface area contributed by atoms with Crippen LogP contribution in [0.5, 0.6) is 0 Å². The Bertz CT molecular complexity index is 708. The number of nitro benzene ring substituents is 1. The maximum absolute atomic E-state index is 11.3. The standard InChI is InChI=1S/C16H20N4O2S/c1-11-3-4-14(15(9-11)20(21)22)19-7-5-13(6-8-19)18-16-17-12(2)10-23-16/h3-4,9-10,13H,5-8H2,1-2H3,(H,17,18). The molecule has 0 unspecified atom stereocenters. The van der Waals surface area contributed by atoms with E-state index < -0.39 is 0 Å². The lowest BCUT2D eigenvalue weighted by Crippen LogP contribution is -2.39. The van der Waals surface area contributed by atoms with Crippen molar-refractivity contribution in [3.05, 3.63) is 45.0 Å². The quantitative estimate of drug-likeness (QED) is 0.682. The average Bonchev–Trinajstić information content (AvgIpc) is 2.93. The second kappa shape index (κ2) is 6.54. The first-order valence-corrected chi connectivity index (χ1v) is 8.59. The molecule has 0 atom stereocenters. The van der Waals surface area contributed by atoms with E-state index in [2.05, 4.69) is 15.2 Å². The maximum Gasteiger partial charge on any atom is 0.292 e. The Balaban J connectivity index is 1.66. The summed E-state index contributed by atoms with van der Waals surface area (Å²) in [6.07, 6.45) is 1.90. The number of anilines is 2. The number of thiazole rings is 1. The Hall–Kier alpha value is -2.15. The fraction of sp³-hybridized carbons (Fsp3) is 0.438. The summed E-state index contributed by atoms with van der Waals surface area (Å²) in [4.78, 5) is 17.5. The third-order valence-corrected chi connectivity index (χ3v) is 5.00. The molecule has 1 aliphatic rings. The monoisotopic (exact) mass is 332 g/mol. The van der Waals surface area contributed by atoms with Gasteiger partial charge in [0.15, 0.2) is 5.13 Å². The minimum atomic E-state index is -0.287. The van der Waals surface area contributed by atoms with E-state index in [0.29, 0.717) is 6.04 Å². The van der Waals surface area contributed by atoms with Crippen LogP contribution >= 0.6 is 11.3 Å². The van der Waals surface area contributed by atoms with Crippen molar-refractivity contribution in [3.8, 4) is 0 Å². The van der Waals surface area contributed by atoms with Crippen molar-refractivity contribution in [1.82, 2.24) is 4.98 Å². The fourth-order valence-corrected chi connectivity index (χ4v) is 3.67. The van der Waals surface area contributed by atoms with Crippen LogP contribution in [0.1, 0.15) is 24.1 Å². The summed E-state index contributed by atoms with van der Waals surface area (Å²) in [5.74, 6) is 0. The minimum absolute atomic E-state index is 0.201. The molecule has 1 fully saturated rings. The molecule has 1 saturated heterocycles. The third-order valence-electron chi connectivity index (χ3n) is 4.11. The molecule has 3 rings (SSSR count). The van der Waals surface area contributed by atoms with Crippen LogP contribution in [0, 0.1) is 24.0 Å². The molecule has 0 radical (unpaired) electrons. The number of aromatic nitrogens is 1. The van der Waals surface area contributed by atoms with Gasteiger partial charge in [0, 0.05) is 30.6 Å². The van der Waals surface area contributed by atoms with Gasteiger partial charge in [-0.05, 0) is 38.3 Å². The highest BCUT2D eigenvalue weighted by molar-refractivity contribution is 7.13. The van der Waals surface area contributed by atoms with Gasteiger partial charge in [0.25, 0.3) is 5.69 Å². The normalized spacial score (nSPS) is 15.7. The van der Waals surface area contributed by atoms with Crippen molar-refractivity contribution in [2.24, 2.45) is 0 Å². The smallest absolute Gasteiger partial charge is 0.292 e. The molecule has 0 saturated carbocycles. The van der Waals surface area contributed by atoms with Crippen LogP contribution in [0.25, 0.3) is 0 Å². The Morgan fingerprint density at radius 2 is 2.09 bits per heavy atom. The predicted octanol–water partition coefficient (Wildman–Crippen LogP) is 3.75. The lowest BCUT2D eigenvalue weighted by molar-refractivity contribution is -0.384. The fourth-order valence-electron chi connectivity index (χ4n) is 2.91. The number of aryl methyl sites for hydroxylation is 2. The van der Waals surface area contributed by atoms with Crippen molar-refractivity contribution < 1.29 is 4.92 Å². The summed E-state index contributed by atoms with van der Waals surface area (Å²) in [5.41, 5.74) is 2.87. The lowest BCUT2D eigenvalue weighted by Gasteiger charge is -2.33. The van der Waals surface area contributed by atoms with Gasteiger partial charge >= 0.3 is 0 Å². The number of piperidine rings is 1. The Kier molecular flexibility index (Phi) is 4.47. The molecule has 1 aliphatic heterocycles. The van der Waals surface area contributed by atoms with E-state index in [9.17, 15) is 10.1 Å². The van der Waals surface area contributed by atoms with Crippen LogP contribution in [0.15, 0.2) is 23.6 Å². The van der Waals surface area contributed by atoms with Crippen LogP contribution < -0.4 is 10.2 Å². The van der Waals surface area contributed by atoms with Crippen molar-refractivity contribution in [3.63, 3.8) is 0 Å². The first kappa shape index (κ1) is 15.7. The first-order valence-electron chi connectivity index (χ1n) is 7.71. The maximum atomic E-state index is 11.3. The number of hydrogen-bond donors (Lipinski definition) is 1. The highest BCUT2D eigenvalue weighted by Gasteiger charge is 2.25. The molecule has 1 N–H and O–H groups in total. The molecule has 1 aromatic heterocycles. The van der Waals surface area contributed by atoms with Gasteiger partial charge < -0.3 is 10.2 Å². The Labute approximate surface area is 139 Å². The Morgan fingerprint density at radius 1 is 1.35 bits per heavy atom. The molecule has 122 valence electrons. The van der Waals surface area contributed by atoms with Crippen LogP contribution in [-0.2, 0) is 0 Å². The summed E-state index contributed by atoms with van der Waals surface area (Å²) in [6, 6.07) is 5.83.